The van der Waals surface area contributed by atoms with Crippen LogP contribution in [0.25, 0.3) is 16.3 Å². The quantitative estimate of drug-likeness (QED) is 0.773. The number of benzene rings is 1. The van der Waals surface area contributed by atoms with Crippen molar-refractivity contribution in [1.82, 2.24) is 4.98 Å². The number of fused-ring (bicyclic) bond motifs is 1. The molecule has 0 radical (unpaired) electrons. The Labute approximate surface area is 108 Å². The van der Waals surface area contributed by atoms with Crippen LogP contribution >= 0.6 is 11.3 Å². The van der Waals surface area contributed by atoms with Crippen molar-refractivity contribution in [3.63, 3.8) is 0 Å². The van der Waals surface area contributed by atoms with Crippen LogP contribution in [-0.4, -0.2) is 12.1 Å². The fourth-order valence-corrected chi connectivity index (χ4v) is 2.64. The number of ether oxygens (including phenoxy) is 1. The molecule has 0 spiro atoms. The third-order valence-electron chi connectivity index (χ3n) is 2.45. The summed E-state index contributed by atoms with van der Waals surface area (Å²) >= 11 is 1.41. The van der Waals surface area contributed by atoms with Crippen molar-refractivity contribution >= 4 is 27.6 Å². The van der Waals surface area contributed by atoms with E-state index in [9.17, 15) is 0 Å². The standard InChI is InChI=1S/C13H9N3OS/c1-8-3-4-10(17-2)13-12(8)16-11(18-13)5-9(6-14)7-15/h3-5H,1-2H3. The van der Waals surface area contributed by atoms with E-state index in [1.54, 1.807) is 7.11 Å². The molecule has 88 valence electrons. The van der Waals surface area contributed by atoms with E-state index >= 15 is 0 Å². The van der Waals surface area contributed by atoms with Crippen LogP contribution in [-0.2, 0) is 0 Å². The molecule has 0 N–H and O–H groups in total. The van der Waals surface area contributed by atoms with Crippen LogP contribution in [0.15, 0.2) is 17.7 Å². The Bertz CT molecular complexity index is 700. The molecule has 0 fully saturated rings. The van der Waals surface area contributed by atoms with Crippen LogP contribution in [0.1, 0.15) is 10.6 Å². The van der Waals surface area contributed by atoms with Gasteiger partial charge in [0, 0.05) is 6.08 Å². The molecular weight excluding hydrogens is 246 g/mol. The lowest BCUT2D eigenvalue weighted by atomic mass is 10.2. The van der Waals surface area contributed by atoms with Gasteiger partial charge in [0.25, 0.3) is 0 Å². The molecule has 4 nitrogen and oxygen atoms in total. The number of thiazole rings is 1. The maximum atomic E-state index is 8.73. The van der Waals surface area contributed by atoms with Crippen LogP contribution in [0.4, 0.5) is 0 Å². The number of allylic oxidation sites excluding steroid dienone is 1. The number of aromatic nitrogens is 1. The van der Waals surface area contributed by atoms with Gasteiger partial charge in [0.15, 0.2) is 0 Å². The van der Waals surface area contributed by atoms with E-state index in [-0.39, 0.29) is 5.57 Å². The minimum Gasteiger partial charge on any atom is -0.495 e. The minimum atomic E-state index is 0.0469. The van der Waals surface area contributed by atoms with Gasteiger partial charge in [-0.15, -0.1) is 11.3 Å². The van der Waals surface area contributed by atoms with Gasteiger partial charge >= 0.3 is 0 Å². The van der Waals surface area contributed by atoms with Crippen molar-refractivity contribution in [2.45, 2.75) is 6.92 Å². The summed E-state index contributed by atoms with van der Waals surface area (Å²) in [6.07, 6.45) is 1.49. The highest BCUT2D eigenvalue weighted by molar-refractivity contribution is 7.19. The lowest BCUT2D eigenvalue weighted by molar-refractivity contribution is 0.420. The maximum absolute atomic E-state index is 8.73. The summed E-state index contributed by atoms with van der Waals surface area (Å²) in [5.41, 5.74) is 1.93. The average molecular weight is 255 g/mol. The molecule has 2 rings (SSSR count). The van der Waals surface area contributed by atoms with Gasteiger partial charge in [0.2, 0.25) is 0 Å². The summed E-state index contributed by atoms with van der Waals surface area (Å²) in [6.45, 7) is 1.96. The van der Waals surface area contributed by atoms with Crippen LogP contribution in [0.3, 0.4) is 0 Å². The van der Waals surface area contributed by atoms with E-state index in [4.69, 9.17) is 15.3 Å². The number of aryl methyl sites for hydroxylation is 1. The molecule has 5 heteroatoms. The highest BCUT2D eigenvalue weighted by Crippen LogP contribution is 2.33. The Morgan fingerprint density at radius 3 is 2.72 bits per heavy atom. The van der Waals surface area contributed by atoms with Crippen LogP contribution in [0.2, 0.25) is 0 Å². The monoisotopic (exact) mass is 255 g/mol. The zero-order valence-corrected chi connectivity index (χ0v) is 10.7. The minimum absolute atomic E-state index is 0.0469. The van der Waals surface area contributed by atoms with E-state index in [0.29, 0.717) is 5.01 Å². The Hall–Kier alpha value is -2.37. The smallest absolute Gasteiger partial charge is 0.138 e. The molecule has 0 atom stereocenters. The molecule has 0 aliphatic rings. The van der Waals surface area contributed by atoms with Gasteiger partial charge in [-0.1, -0.05) is 6.07 Å². The number of methoxy groups -OCH3 is 1. The van der Waals surface area contributed by atoms with Gasteiger partial charge in [-0.2, -0.15) is 10.5 Å². The van der Waals surface area contributed by atoms with Gasteiger partial charge < -0.3 is 4.74 Å². The summed E-state index contributed by atoms with van der Waals surface area (Å²) in [4.78, 5) is 4.42. The van der Waals surface area contributed by atoms with Crippen LogP contribution in [0.5, 0.6) is 5.75 Å². The van der Waals surface area contributed by atoms with Crippen molar-refractivity contribution in [3.05, 3.63) is 28.3 Å². The summed E-state index contributed by atoms with van der Waals surface area (Å²) in [6, 6.07) is 7.47. The maximum Gasteiger partial charge on any atom is 0.138 e. The molecule has 0 bridgehead atoms. The normalized spacial score (nSPS) is 9.56. The van der Waals surface area contributed by atoms with E-state index in [2.05, 4.69) is 4.98 Å². The fourth-order valence-electron chi connectivity index (χ4n) is 1.56. The first-order valence-corrected chi connectivity index (χ1v) is 5.97. The number of hydrogen-bond donors (Lipinski definition) is 0. The van der Waals surface area contributed by atoms with Gasteiger partial charge in [-0.25, -0.2) is 4.98 Å². The molecule has 0 aliphatic carbocycles. The summed E-state index contributed by atoms with van der Waals surface area (Å²) in [7, 11) is 1.61. The van der Waals surface area contributed by atoms with Crippen LogP contribution < -0.4 is 4.74 Å². The Balaban J connectivity index is 2.65. The topological polar surface area (TPSA) is 69.7 Å². The first-order valence-electron chi connectivity index (χ1n) is 5.15. The average Bonchev–Trinajstić information content (AvgIpc) is 2.81. The second-order valence-corrected chi connectivity index (χ2v) is 4.63. The Morgan fingerprint density at radius 1 is 1.39 bits per heavy atom. The molecule has 1 aromatic heterocycles. The van der Waals surface area contributed by atoms with E-state index in [1.807, 2.05) is 31.2 Å². The molecule has 18 heavy (non-hydrogen) atoms. The molecular formula is C13H9N3OS. The predicted molar refractivity (Wildman–Crippen MR) is 70.1 cm³/mol. The first kappa shape index (κ1) is 12.1. The number of nitrogens with zero attached hydrogens (tertiary/aromatic N) is 3. The lowest BCUT2D eigenvalue weighted by Gasteiger charge is -2.01. The number of rotatable bonds is 2. The third-order valence-corrected chi connectivity index (χ3v) is 3.47. The highest BCUT2D eigenvalue weighted by Gasteiger charge is 2.10. The number of nitriles is 2. The van der Waals surface area contributed by atoms with Gasteiger partial charge in [0.1, 0.15) is 28.5 Å². The van der Waals surface area contributed by atoms with Gasteiger partial charge in [0.05, 0.1) is 17.3 Å². The molecule has 0 saturated heterocycles. The lowest BCUT2D eigenvalue weighted by Crippen LogP contribution is -1.84. The molecule has 0 amide bonds. The van der Waals surface area contributed by atoms with Crippen LogP contribution in [0, 0.1) is 29.6 Å². The molecule has 1 heterocycles. The van der Waals surface area contributed by atoms with E-state index < -0.39 is 0 Å². The van der Waals surface area contributed by atoms with Gasteiger partial charge in [-0.05, 0) is 18.6 Å². The molecule has 0 saturated carbocycles. The largest absolute Gasteiger partial charge is 0.495 e. The summed E-state index contributed by atoms with van der Waals surface area (Å²) < 4.78 is 6.20. The van der Waals surface area contributed by atoms with Crippen molar-refractivity contribution < 1.29 is 4.74 Å². The van der Waals surface area contributed by atoms with E-state index in [1.165, 1.54) is 17.4 Å². The number of hydrogen-bond acceptors (Lipinski definition) is 5. The van der Waals surface area contributed by atoms with Crippen molar-refractivity contribution in [1.29, 1.82) is 10.5 Å². The zero-order valence-electron chi connectivity index (χ0n) is 9.89. The fraction of sp³-hybridized carbons (Fsp3) is 0.154. The van der Waals surface area contributed by atoms with Crippen molar-refractivity contribution in [3.8, 4) is 17.9 Å². The first-order chi connectivity index (χ1) is 8.69. The zero-order chi connectivity index (χ0) is 13.1. The van der Waals surface area contributed by atoms with Gasteiger partial charge in [-0.3, -0.25) is 0 Å². The molecule has 1 aromatic carbocycles. The molecule has 2 aromatic rings. The third kappa shape index (κ3) is 2.04. The highest BCUT2D eigenvalue weighted by atomic mass is 32.1. The SMILES string of the molecule is COc1ccc(C)c2nc(C=C(C#N)C#N)sc12. The van der Waals surface area contributed by atoms with E-state index in [0.717, 1.165) is 21.5 Å². The summed E-state index contributed by atoms with van der Waals surface area (Å²) in [5.74, 6) is 0.753. The summed E-state index contributed by atoms with van der Waals surface area (Å²) in [5, 5.41) is 18.1. The Kier molecular flexibility index (Phi) is 3.27. The molecule has 0 aliphatic heterocycles. The Morgan fingerprint density at radius 2 is 2.11 bits per heavy atom. The van der Waals surface area contributed by atoms with Crippen molar-refractivity contribution in [2.24, 2.45) is 0 Å². The second-order valence-electron chi connectivity index (χ2n) is 3.60. The molecule has 0 unspecified atom stereocenters. The predicted octanol–water partition coefficient (Wildman–Crippen LogP) is 3.04. The van der Waals surface area contributed by atoms with Crippen molar-refractivity contribution in [2.75, 3.05) is 7.11 Å². The second kappa shape index (κ2) is 4.87.